The van der Waals surface area contributed by atoms with Gasteiger partial charge in [-0.15, -0.1) is 0 Å². The van der Waals surface area contributed by atoms with Crippen LogP contribution in [-0.2, 0) is 56.9 Å². The van der Waals surface area contributed by atoms with Crippen molar-refractivity contribution in [3.8, 4) is 5.75 Å². The molecule has 0 fully saturated rings. The van der Waals surface area contributed by atoms with Gasteiger partial charge in [0.25, 0.3) is 0 Å². The fraction of sp³-hybridized carbons (Fsp3) is 0.742. The first-order chi connectivity index (χ1) is 22.2. The molecule has 0 spiro atoms. The molecule has 0 unspecified atom stereocenters. The number of carbonyl (C=O) groups excluding carboxylic acids is 2. The summed E-state index contributed by atoms with van der Waals surface area (Å²) in [4.78, 5) is 21.2. The second-order valence-corrected chi connectivity index (χ2v) is 9.00. The Morgan fingerprint density at radius 1 is 0.444 bits per heavy atom. The molecule has 1 rings (SSSR count). The van der Waals surface area contributed by atoms with Gasteiger partial charge in [0.2, 0.25) is 0 Å². The Morgan fingerprint density at radius 3 is 0.978 bits per heavy atom. The highest BCUT2D eigenvalue weighted by atomic mass is 16.6. The normalized spacial score (nSPS) is 11.1. The molecule has 0 radical (unpaired) electrons. The Bertz CT molecular complexity index is 780. The molecule has 0 N–H and O–H groups in total. The number of hydrogen-bond acceptors (Lipinski definition) is 14. The van der Waals surface area contributed by atoms with Gasteiger partial charge in [0.15, 0.2) is 0 Å². The van der Waals surface area contributed by atoms with Crippen LogP contribution in [0.25, 0.3) is 0 Å². The van der Waals surface area contributed by atoms with Crippen LogP contribution in [0.2, 0.25) is 0 Å². The molecule has 260 valence electrons. The second kappa shape index (κ2) is 33.1. The molecule has 0 saturated carbocycles. The van der Waals surface area contributed by atoms with Gasteiger partial charge in [-0.3, -0.25) is 9.59 Å². The summed E-state index contributed by atoms with van der Waals surface area (Å²) in [5.41, 5.74) is 0.615. The molecular formula is C31H52O14. The first-order valence-electron chi connectivity index (χ1n) is 15.3. The molecular weight excluding hydrogens is 596 g/mol. The van der Waals surface area contributed by atoms with Gasteiger partial charge in [-0.05, 0) is 24.3 Å². The standard InChI is InChI=1S/C31H52O14/c1-29(33)44-26-24-42-22-20-40-18-16-38-14-12-36-10-8-34-6-7-35-9-11-37-13-15-39-17-19-41-21-23-43-25-27-45-31-4-2-30(28-32)3-5-31/h2-5,28H,6-27H2,1H3. The van der Waals surface area contributed by atoms with Crippen LogP contribution in [0.3, 0.4) is 0 Å². The van der Waals surface area contributed by atoms with Crippen LogP contribution < -0.4 is 4.74 Å². The summed E-state index contributed by atoms with van der Waals surface area (Å²) in [6.45, 7) is 11.5. The lowest BCUT2D eigenvalue weighted by Gasteiger charge is -2.09. The van der Waals surface area contributed by atoms with E-state index in [-0.39, 0.29) is 12.6 Å². The number of rotatable bonds is 35. The fourth-order valence-electron chi connectivity index (χ4n) is 3.19. The van der Waals surface area contributed by atoms with E-state index in [9.17, 15) is 9.59 Å². The lowest BCUT2D eigenvalue weighted by Crippen LogP contribution is -2.15. The Morgan fingerprint density at radius 2 is 0.711 bits per heavy atom. The first kappa shape index (κ1) is 40.8. The van der Waals surface area contributed by atoms with Gasteiger partial charge < -0.3 is 56.8 Å². The Kier molecular flexibility index (Phi) is 30.0. The van der Waals surface area contributed by atoms with Crippen molar-refractivity contribution in [2.24, 2.45) is 0 Å². The molecule has 0 amide bonds. The van der Waals surface area contributed by atoms with Gasteiger partial charge in [-0.1, -0.05) is 0 Å². The third-order valence-corrected chi connectivity index (χ3v) is 5.39. The maximum absolute atomic E-state index is 10.6. The van der Waals surface area contributed by atoms with Crippen molar-refractivity contribution in [1.82, 2.24) is 0 Å². The van der Waals surface area contributed by atoms with E-state index in [0.29, 0.717) is 150 Å². The van der Waals surface area contributed by atoms with Crippen LogP contribution in [0.5, 0.6) is 5.75 Å². The van der Waals surface area contributed by atoms with Crippen LogP contribution in [0.15, 0.2) is 24.3 Å². The summed E-state index contributed by atoms with van der Waals surface area (Å²) >= 11 is 0. The summed E-state index contributed by atoms with van der Waals surface area (Å²) in [6.07, 6.45) is 0.795. The zero-order valence-corrected chi connectivity index (χ0v) is 26.7. The molecule has 0 aromatic heterocycles. The third kappa shape index (κ3) is 30.2. The van der Waals surface area contributed by atoms with Crippen LogP contribution >= 0.6 is 0 Å². The van der Waals surface area contributed by atoms with Crippen LogP contribution in [0.4, 0.5) is 0 Å². The SMILES string of the molecule is CC(=O)OCCOCCOCCOCCOCCOCCOCCOCCOCCOCCOCCOc1ccc(C=O)cc1. The Hall–Kier alpha value is -2.24. The average Bonchev–Trinajstić information content (AvgIpc) is 3.05. The number of benzene rings is 1. The smallest absolute Gasteiger partial charge is 0.302 e. The summed E-state index contributed by atoms with van der Waals surface area (Å²) in [7, 11) is 0. The average molecular weight is 649 g/mol. The molecule has 0 atom stereocenters. The van der Waals surface area contributed by atoms with E-state index in [1.165, 1.54) is 6.92 Å². The van der Waals surface area contributed by atoms with Crippen LogP contribution in [-0.4, -0.2) is 158 Å². The Balaban J connectivity index is 1.64. The number of hydrogen-bond donors (Lipinski definition) is 0. The van der Waals surface area contributed by atoms with E-state index in [1.807, 2.05) is 0 Å². The fourth-order valence-corrected chi connectivity index (χ4v) is 3.19. The molecule has 14 nitrogen and oxygen atoms in total. The zero-order chi connectivity index (χ0) is 32.3. The van der Waals surface area contributed by atoms with E-state index in [0.717, 1.165) is 6.29 Å². The minimum absolute atomic E-state index is 0.254. The Labute approximate surface area is 266 Å². The van der Waals surface area contributed by atoms with Gasteiger partial charge in [-0.25, -0.2) is 0 Å². The monoisotopic (exact) mass is 648 g/mol. The van der Waals surface area contributed by atoms with Crippen molar-refractivity contribution in [3.05, 3.63) is 29.8 Å². The first-order valence-corrected chi connectivity index (χ1v) is 15.3. The maximum Gasteiger partial charge on any atom is 0.302 e. The molecule has 1 aromatic rings. The largest absolute Gasteiger partial charge is 0.491 e. The molecule has 0 heterocycles. The van der Waals surface area contributed by atoms with E-state index in [1.54, 1.807) is 24.3 Å². The lowest BCUT2D eigenvalue weighted by atomic mass is 10.2. The van der Waals surface area contributed by atoms with E-state index < -0.39 is 0 Å². The van der Waals surface area contributed by atoms with Crippen molar-refractivity contribution < 1.29 is 66.4 Å². The lowest BCUT2D eigenvalue weighted by molar-refractivity contribution is -0.142. The van der Waals surface area contributed by atoms with Crippen molar-refractivity contribution in [1.29, 1.82) is 0 Å². The molecule has 14 heteroatoms. The third-order valence-electron chi connectivity index (χ3n) is 5.39. The summed E-state index contributed by atoms with van der Waals surface area (Å²) in [5.74, 6) is 0.386. The van der Waals surface area contributed by atoms with E-state index >= 15 is 0 Å². The topological polar surface area (TPSA) is 145 Å². The van der Waals surface area contributed by atoms with Crippen LogP contribution in [0, 0.1) is 0 Å². The number of carbonyl (C=O) groups is 2. The highest BCUT2D eigenvalue weighted by molar-refractivity contribution is 5.74. The molecule has 1 aromatic carbocycles. The molecule has 0 aliphatic carbocycles. The minimum atomic E-state index is -0.314. The van der Waals surface area contributed by atoms with Gasteiger partial charge in [0.05, 0.1) is 132 Å². The molecule has 0 aliphatic heterocycles. The van der Waals surface area contributed by atoms with Crippen molar-refractivity contribution in [3.63, 3.8) is 0 Å². The predicted molar refractivity (Wildman–Crippen MR) is 162 cm³/mol. The molecule has 0 aliphatic rings. The van der Waals surface area contributed by atoms with E-state index in [4.69, 9.17) is 56.8 Å². The number of esters is 1. The van der Waals surface area contributed by atoms with Gasteiger partial charge in [-0.2, -0.15) is 0 Å². The zero-order valence-electron chi connectivity index (χ0n) is 26.7. The van der Waals surface area contributed by atoms with Crippen molar-refractivity contribution in [2.75, 3.05) is 145 Å². The minimum Gasteiger partial charge on any atom is -0.491 e. The van der Waals surface area contributed by atoms with Crippen molar-refractivity contribution >= 4 is 12.3 Å². The van der Waals surface area contributed by atoms with Crippen molar-refractivity contribution in [2.45, 2.75) is 6.92 Å². The van der Waals surface area contributed by atoms with Gasteiger partial charge in [0, 0.05) is 12.5 Å². The summed E-state index contributed by atoms with van der Waals surface area (Å²) in [5, 5.41) is 0. The predicted octanol–water partition coefficient (Wildman–Crippen LogP) is 1.61. The number of ether oxygens (including phenoxy) is 12. The number of aldehydes is 1. The van der Waals surface area contributed by atoms with Crippen LogP contribution in [0.1, 0.15) is 17.3 Å². The highest BCUT2D eigenvalue weighted by Crippen LogP contribution is 2.10. The maximum atomic E-state index is 10.6. The van der Waals surface area contributed by atoms with E-state index in [2.05, 4.69) is 0 Å². The summed E-state index contributed by atoms with van der Waals surface area (Å²) in [6, 6.07) is 6.92. The molecule has 45 heavy (non-hydrogen) atoms. The van der Waals surface area contributed by atoms with Gasteiger partial charge in [0.1, 0.15) is 25.2 Å². The quantitative estimate of drug-likeness (QED) is 0.0597. The summed E-state index contributed by atoms with van der Waals surface area (Å²) < 4.78 is 64.5. The molecule has 0 bridgehead atoms. The molecule has 0 saturated heterocycles. The second-order valence-electron chi connectivity index (χ2n) is 9.00. The van der Waals surface area contributed by atoms with Gasteiger partial charge >= 0.3 is 5.97 Å². The highest BCUT2D eigenvalue weighted by Gasteiger charge is 1.98.